The highest BCUT2D eigenvalue weighted by Gasteiger charge is 2.08. The van der Waals surface area contributed by atoms with Crippen LogP contribution in [0.15, 0.2) is 12.4 Å². The van der Waals surface area contributed by atoms with E-state index in [-0.39, 0.29) is 0 Å². The Hall–Kier alpha value is -1.36. The lowest BCUT2D eigenvalue weighted by molar-refractivity contribution is 0.520. The molecular formula is C12H18ClN5. The minimum absolute atomic E-state index is 0.578. The summed E-state index contributed by atoms with van der Waals surface area (Å²) in [5.74, 6) is 2.84. The van der Waals surface area contributed by atoms with Crippen LogP contribution >= 0.6 is 11.6 Å². The molecule has 0 saturated carbocycles. The Labute approximate surface area is 112 Å². The Morgan fingerprint density at radius 2 is 2.33 bits per heavy atom. The number of anilines is 1. The van der Waals surface area contributed by atoms with Gasteiger partial charge in [-0.15, -0.1) is 11.6 Å². The number of hydrogen-bond acceptors (Lipinski definition) is 4. The van der Waals surface area contributed by atoms with Crippen molar-refractivity contribution in [2.24, 2.45) is 5.92 Å². The van der Waals surface area contributed by atoms with Crippen molar-refractivity contribution < 1.29 is 0 Å². The molecule has 0 aromatic carbocycles. The van der Waals surface area contributed by atoms with Gasteiger partial charge in [0.1, 0.15) is 12.1 Å². The second-order valence-corrected chi connectivity index (χ2v) is 4.77. The summed E-state index contributed by atoms with van der Waals surface area (Å²) in [7, 11) is 0. The Morgan fingerprint density at radius 1 is 1.50 bits per heavy atom. The van der Waals surface area contributed by atoms with E-state index in [1.54, 1.807) is 4.52 Å². The van der Waals surface area contributed by atoms with Crippen LogP contribution in [0, 0.1) is 12.8 Å². The molecule has 0 fully saturated rings. The van der Waals surface area contributed by atoms with Gasteiger partial charge in [0.25, 0.3) is 5.78 Å². The van der Waals surface area contributed by atoms with Crippen LogP contribution in [0.25, 0.3) is 5.78 Å². The van der Waals surface area contributed by atoms with E-state index in [2.05, 4.69) is 27.3 Å². The van der Waals surface area contributed by atoms with Crippen molar-refractivity contribution in [1.29, 1.82) is 0 Å². The minimum Gasteiger partial charge on any atom is -0.370 e. The second-order valence-electron chi connectivity index (χ2n) is 4.39. The highest BCUT2D eigenvalue weighted by atomic mass is 35.5. The topological polar surface area (TPSA) is 55.1 Å². The number of aromatic nitrogens is 4. The first kappa shape index (κ1) is 13.1. The first-order valence-corrected chi connectivity index (χ1v) is 6.75. The van der Waals surface area contributed by atoms with Gasteiger partial charge in [0.05, 0.1) is 0 Å². The zero-order valence-electron chi connectivity index (χ0n) is 10.7. The van der Waals surface area contributed by atoms with Gasteiger partial charge in [-0.25, -0.2) is 4.98 Å². The van der Waals surface area contributed by atoms with Crippen molar-refractivity contribution in [3.8, 4) is 0 Å². The van der Waals surface area contributed by atoms with Gasteiger partial charge in [0, 0.05) is 24.2 Å². The van der Waals surface area contributed by atoms with Gasteiger partial charge in [-0.1, -0.05) is 13.3 Å². The molecule has 2 aromatic rings. The molecule has 2 aromatic heterocycles. The van der Waals surface area contributed by atoms with Gasteiger partial charge in [-0.05, 0) is 19.3 Å². The lowest BCUT2D eigenvalue weighted by atomic mass is 10.0. The standard InChI is InChI=1S/C12H18ClN5/c1-3-10(4-5-13)7-14-11-6-9(2)17-12-15-8-16-18(11)12/h6,8,10,14H,3-5,7H2,1-2H3. The first-order chi connectivity index (χ1) is 8.74. The van der Waals surface area contributed by atoms with Gasteiger partial charge in [0.2, 0.25) is 0 Å². The molecule has 1 atom stereocenters. The number of halogens is 1. The van der Waals surface area contributed by atoms with E-state index in [0.717, 1.165) is 30.9 Å². The smallest absolute Gasteiger partial charge is 0.254 e. The molecule has 0 aliphatic carbocycles. The number of nitrogens with one attached hydrogen (secondary N) is 1. The summed E-state index contributed by atoms with van der Waals surface area (Å²) in [6.45, 7) is 5.03. The van der Waals surface area contributed by atoms with Crippen LogP contribution in [0.1, 0.15) is 25.5 Å². The summed E-state index contributed by atoms with van der Waals surface area (Å²) < 4.78 is 1.72. The van der Waals surface area contributed by atoms with Crippen molar-refractivity contribution in [1.82, 2.24) is 19.6 Å². The molecule has 0 aliphatic rings. The van der Waals surface area contributed by atoms with Crippen LogP contribution in [0.4, 0.5) is 5.82 Å². The summed E-state index contributed by atoms with van der Waals surface area (Å²) in [5.41, 5.74) is 0.934. The van der Waals surface area contributed by atoms with Crippen LogP contribution in [-0.4, -0.2) is 32.0 Å². The fourth-order valence-corrected chi connectivity index (χ4v) is 2.22. The number of aryl methyl sites for hydroxylation is 1. The molecule has 2 rings (SSSR count). The van der Waals surface area contributed by atoms with Crippen molar-refractivity contribution in [3.05, 3.63) is 18.1 Å². The Kier molecular flexibility index (Phi) is 4.36. The van der Waals surface area contributed by atoms with Gasteiger partial charge in [0.15, 0.2) is 0 Å². The number of hydrogen-bond donors (Lipinski definition) is 1. The maximum absolute atomic E-state index is 5.79. The first-order valence-electron chi connectivity index (χ1n) is 6.21. The predicted octanol–water partition coefficient (Wildman–Crippen LogP) is 2.50. The highest BCUT2D eigenvalue weighted by Crippen LogP contribution is 2.14. The molecule has 18 heavy (non-hydrogen) atoms. The van der Waals surface area contributed by atoms with Crippen LogP contribution in [0.3, 0.4) is 0 Å². The average molecular weight is 268 g/mol. The number of nitrogens with zero attached hydrogens (tertiary/aromatic N) is 4. The molecule has 0 bridgehead atoms. The van der Waals surface area contributed by atoms with E-state index < -0.39 is 0 Å². The minimum atomic E-state index is 0.578. The zero-order valence-corrected chi connectivity index (χ0v) is 11.5. The number of fused-ring (bicyclic) bond motifs is 1. The third kappa shape index (κ3) is 2.90. The fraction of sp³-hybridized carbons (Fsp3) is 0.583. The lowest BCUT2D eigenvalue weighted by Crippen LogP contribution is -2.16. The maximum Gasteiger partial charge on any atom is 0.254 e. The van der Waals surface area contributed by atoms with Crippen molar-refractivity contribution in [2.75, 3.05) is 17.7 Å². The van der Waals surface area contributed by atoms with Crippen molar-refractivity contribution in [3.63, 3.8) is 0 Å². The third-order valence-corrected chi connectivity index (χ3v) is 3.26. The molecule has 0 saturated heterocycles. The van der Waals surface area contributed by atoms with E-state index in [9.17, 15) is 0 Å². The zero-order chi connectivity index (χ0) is 13.0. The molecule has 2 heterocycles. The van der Waals surface area contributed by atoms with E-state index in [0.29, 0.717) is 17.6 Å². The second kappa shape index (κ2) is 6.00. The quantitative estimate of drug-likeness (QED) is 0.817. The average Bonchev–Trinajstić information content (AvgIpc) is 2.82. The Bertz CT molecular complexity index is 510. The summed E-state index contributed by atoms with van der Waals surface area (Å²) >= 11 is 5.79. The normalized spacial score (nSPS) is 12.8. The molecular weight excluding hydrogens is 250 g/mol. The highest BCUT2D eigenvalue weighted by molar-refractivity contribution is 6.17. The van der Waals surface area contributed by atoms with Crippen molar-refractivity contribution >= 4 is 23.2 Å². The summed E-state index contributed by atoms with van der Waals surface area (Å²) in [4.78, 5) is 8.41. The monoisotopic (exact) mass is 267 g/mol. The number of alkyl halides is 1. The molecule has 98 valence electrons. The summed E-state index contributed by atoms with van der Waals surface area (Å²) in [5, 5.41) is 7.58. The molecule has 0 aliphatic heterocycles. The van der Waals surface area contributed by atoms with Gasteiger partial charge in [-0.2, -0.15) is 14.6 Å². The number of rotatable bonds is 6. The molecule has 1 unspecified atom stereocenters. The van der Waals surface area contributed by atoms with Crippen LogP contribution in [0.5, 0.6) is 0 Å². The maximum atomic E-state index is 5.79. The van der Waals surface area contributed by atoms with Gasteiger partial charge >= 0.3 is 0 Å². The predicted molar refractivity (Wildman–Crippen MR) is 73.1 cm³/mol. The SMILES string of the molecule is CCC(CCCl)CNc1cc(C)nc2ncnn12. The molecule has 5 nitrogen and oxygen atoms in total. The third-order valence-electron chi connectivity index (χ3n) is 3.05. The Balaban J connectivity index is 2.13. The van der Waals surface area contributed by atoms with E-state index in [1.165, 1.54) is 6.33 Å². The van der Waals surface area contributed by atoms with Crippen molar-refractivity contribution in [2.45, 2.75) is 26.7 Å². The molecule has 1 N–H and O–H groups in total. The molecule has 0 amide bonds. The largest absolute Gasteiger partial charge is 0.370 e. The van der Waals surface area contributed by atoms with E-state index >= 15 is 0 Å². The van der Waals surface area contributed by atoms with E-state index in [4.69, 9.17) is 11.6 Å². The summed E-state index contributed by atoms with van der Waals surface area (Å²) in [6, 6.07) is 1.98. The fourth-order valence-electron chi connectivity index (χ4n) is 1.91. The van der Waals surface area contributed by atoms with Crippen LogP contribution < -0.4 is 5.32 Å². The van der Waals surface area contributed by atoms with Gasteiger partial charge < -0.3 is 5.32 Å². The lowest BCUT2D eigenvalue weighted by Gasteiger charge is -2.15. The molecule has 6 heteroatoms. The molecule has 0 radical (unpaired) electrons. The van der Waals surface area contributed by atoms with Gasteiger partial charge in [-0.3, -0.25) is 0 Å². The Morgan fingerprint density at radius 3 is 3.06 bits per heavy atom. The molecule has 0 spiro atoms. The van der Waals surface area contributed by atoms with E-state index in [1.807, 2.05) is 13.0 Å². The van der Waals surface area contributed by atoms with Crippen LogP contribution in [-0.2, 0) is 0 Å². The summed E-state index contributed by atoms with van der Waals surface area (Å²) in [6.07, 6.45) is 3.66. The van der Waals surface area contributed by atoms with Crippen LogP contribution in [0.2, 0.25) is 0 Å².